The van der Waals surface area contributed by atoms with Crippen LogP contribution in [0, 0.1) is 12.7 Å². The smallest absolute Gasteiger partial charge is 0.254 e. The molecule has 9 heteroatoms. The Morgan fingerprint density at radius 3 is 2.33 bits per heavy atom. The number of hydrogen-bond acceptors (Lipinski definition) is 6. The van der Waals surface area contributed by atoms with Gasteiger partial charge in [-0.05, 0) is 55.0 Å². The summed E-state index contributed by atoms with van der Waals surface area (Å²) < 4.78 is 18.3. The van der Waals surface area contributed by atoms with Crippen molar-refractivity contribution in [3.8, 4) is 11.3 Å². The zero-order valence-corrected chi connectivity index (χ0v) is 20.6. The second-order valence-electron chi connectivity index (χ2n) is 8.69. The Morgan fingerprint density at radius 2 is 1.69 bits per heavy atom. The maximum absolute atomic E-state index is 13.2. The fourth-order valence-electron chi connectivity index (χ4n) is 4.15. The van der Waals surface area contributed by atoms with Crippen molar-refractivity contribution in [2.24, 2.45) is 0 Å². The number of anilines is 1. The Balaban J connectivity index is 1.35. The number of methoxy groups -OCH3 is 1. The number of aryl methyl sites for hydroxylation is 1. The molecule has 36 heavy (non-hydrogen) atoms. The van der Waals surface area contributed by atoms with E-state index in [1.54, 1.807) is 35.1 Å². The molecule has 1 aliphatic heterocycles. The Hall–Kier alpha value is -3.85. The molecule has 2 heterocycles. The standard InChI is InChI=1S/C27H30FN5O3/c1-20-5-3-4-6-23(20)27(35)33(17-18-36-2)19-26(34)32-15-13-31(14-16-32)25-12-11-24(29-30-25)21-7-9-22(28)10-8-21/h3-12H,13-19H2,1-2H3. The van der Waals surface area contributed by atoms with Gasteiger partial charge in [0.05, 0.1) is 12.3 Å². The van der Waals surface area contributed by atoms with Crippen LogP contribution in [0.4, 0.5) is 10.2 Å². The average molecular weight is 492 g/mol. The predicted molar refractivity (Wildman–Crippen MR) is 135 cm³/mol. The molecule has 2 aromatic carbocycles. The molecule has 188 valence electrons. The van der Waals surface area contributed by atoms with Gasteiger partial charge in [-0.1, -0.05) is 18.2 Å². The van der Waals surface area contributed by atoms with Crippen molar-refractivity contribution in [2.45, 2.75) is 6.92 Å². The summed E-state index contributed by atoms with van der Waals surface area (Å²) in [5, 5.41) is 8.61. The highest BCUT2D eigenvalue weighted by Crippen LogP contribution is 2.20. The van der Waals surface area contributed by atoms with Crippen molar-refractivity contribution in [3.05, 3.63) is 77.6 Å². The van der Waals surface area contributed by atoms with E-state index in [0.717, 1.165) is 16.9 Å². The van der Waals surface area contributed by atoms with E-state index in [1.807, 2.05) is 37.3 Å². The van der Waals surface area contributed by atoms with Gasteiger partial charge in [0.2, 0.25) is 5.91 Å². The normalized spacial score (nSPS) is 13.5. The number of amides is 2. The van der Waals surface area contributed by atoms with Crippen LogP contribution in [-0.4, -0.2) is 84.8 Å². The zero-order chi connectivity index (χ0) is 25.5. The van der Waals surface area contributed by atoms with Crippen molar-refractivity contribution in [1.29, 1.82) is 0 Å². The molecule has 1 saturated heterocycles. The minimum Gasteiger partial charge on any atom is -0.383 e. The van der Waals surface area contributed by atoms with Crippen molar-refractivity contribution < 1.29 is 18.7 Å². The van der Waals surface area contributed by atoms with Gasteiger partial charge in [-0.15, -0.1) is 10.2 Å². The number of halogens is 1. The first-order chi connectivity index (χ1) is 17.5. The zero-order valence-electron chi connectivity index (χ0n) is 20.6. The van der Waals surface area contributed by atoms with E-state index in [0.29, 0.717) is 50.6 Å². The summed E-state index contributed by atoms with van der Waals surface area (Å²) in [6.07, 6.45) is 0. The fourth-order valence-corrected chi connectivity index (χ4v) is 4.15. The topological polar surface area (TPSA) is 78.9 Å². The summed E-state index contributed by atoms with van der Waals surface area (Å²) in [6, 6.07) is 17.3. The molecular weight excluding hydrogens is 461 g/mol. The van der Waals surface area contributed by atoms with Crippen LogP contribution in [0.5, 0.6) is 0 Å². The van der Waals surface area contributed by atoms with Crippen LogP contribution in [-0.2, 0) is 9.53 Å². The molecule has 0 saturated carbocycles. The number of hydrogen-bond donors (Lipinski definition) is 0. The second-order valence-corrected chi connectivity index (χ2v) is 8.69. The van der Waals surface area contributed by atoms with Crippen LogP contribution in [0.1, 0.15) is 15.9 Å². The molecule has 1 aliphatic rings. The summed E-state index contributed by atoms with van der Waals surface area (Å²) in [5.41, 5.74) is 2.93. The third-order valence-corrected chi connectivity index (χ3v) is 6.30. The summed E-state index contributed by atoms with van der Waals surface area (Å²) in [7, 11) is 1.58. The Morgan fingerprint density at radius 1 is 0.972 bits per heavy atom. The quantitative estimate of drug-likeness (QED) is 0.482. The molecule has 1 aromatic heterocycles. The van der Waals surface area contributed by atoms with Gasteiger partial charge >= 0.3 is 0 Å². The lowest BCUT2D eigenvalue weighted by Gasteiger charge is -2.36. The lowest BCUT2D eigenvalue weighted by atomic mass is 10.1. The summed E-state index contributed by atoms with van der Waals surface area (Å²) >= 11 is 0. The van der Waals surface area contributed by atoms with Crippen LogP contribution in [0.15, 0.2) is 60.7 Å². The molecule has 0 N–H and O–H groups in total. The lowest BCUT2D eigenvalue weighted by molar-refractivity contribution is -0.132. The first-order valence-electron chi connectivity index (χ1n) is 11.9. The van der Waals surface area contributed by atoms with Crippen LogP contribution in [0.25, 0.3) is 11.3 Å². The summed E-state index contributed by atoms with van der Waals surface area (Å²) in [6.45, 7) is 4.85. The monoisotopic (exact) mass is 491 g/mol. The maximum atomic E-state index is 13.2. The minimum absolute atomic E-state index is 0.00268. The van der Waals surface area contributed by atoms with Gasteiger partial charge in [-0.3, -0.25) is 9.59 Å². The molecule has 0 atom stereocenters. The highest BCUT2D eigenvalue weighted by molar-refractivity contribution is 5.97. The molecule has 0 spiro atoms. The maximum Gasteiger partial charge on any atom is 0.254 e. The van der Waals surface area contributed by atoms with E-state index in [4.69, 9.17) is 4.74 Å². The Kier molecular flexibility index (Phi) is 8.22. The van der Waals surface area contributed by atoms with E-state index in [9.17, 15) is 14.0 Å². The molecule has 0 aliphatic carbocycles. The van der Waals surface area contributed by atoms with Crippen LogP contribution < -0.4 is 4.90 Å². The van der Waals surface area contributed by atoms with E-state index in [1.165, 1.54) is 12.1 Å². The first kappa shape index (κ1) is 25.2. The van der Waals surface area contributed by atoms with Crippen molar-refractivity contribution in [1.82, 2.24) is 20.0 Å². The molecule has 0 radical (unpaired) electrons. The molecule has 4 rings (SSSR count). The number of piperazine rings is 1. The van der Waals surface area contributed by atoms with Gasteiger partial charge in [0, 0.05) is 51.0 Å². The second kappa shape index (κ2) is 11.7. The van der Waals surface area contributed by atoms with E-state index in [-0.39, 0.29) is 24.2 Å². The van der Waals surface area contributed by atoms with Gasteiger partial charge in [0.15, 0.2) is 5.82 Å². The van der Waals surface area contributed by atoms with E-state index in [2.05, 4.69) is 15.1 Å². The number of carbonyl (C=O) groups excluding carboxylic acids is 2. The third kappa shape index (κ3) is 6.04. The predicted octanol–water partition coefficient (Wildman–Crippen LogP) is 3.03. The number of benzene rings is 2. The SMILES string of the molecule is COCCN(CC(=O)N1CCN(c2ccc(-c3ccc(F)cc3)nn2)CC1)C(=O)c1ccccc1C. The molecule has 8 nitrogen and oxygen atoms in total. The highest BCUT2D eigenvalue weighted by Gasteiger charge is 2.26. The van der Waals surface area contributed by atoms with Gasteiger partial charge in [0.1, 0.15) is 12.4 Å². The van der Waals surface area contributed by atoms with Gasteiger partial charge < -0.3 is 19.4 Å². The molecular formula is C27H30FN5O3. The van der Waals surface area contributed by atoms with Gasteiger partial charge in [-0.25, -0.2) is 4.39 Å². The van der Waals surface area contributed by atoms with Crippen molar-refractivity contribution >= 4 is 17.6 Å². The Labute approximate surface area is 210 Å². The summed E-state index contributed by atoms with van der Waals surface area (Å²) in [4.78, 5) is 31.6. The Bertz CT molecular complexity index is 1180. The first-order valence-corrected chi connectivity index (χ1v) is 11.9. The third-order valence-electron chi connectivity index (χ3n) is 6.30. The van der Waals surface area contributed by atoms with Crippen LogP contribution in [0.3, 0.4) is 0 Å². The number of ether oxygens (including phenoxy) is 1. The number of nitrogens with zero attached hydrogens (tertiary/aromatic N) is 5. The largest absolute Gasteiger partial charge is 0.383 e. The fraction of sp³-hybridized carbons (Fsp3) is 0.333. The lowest BCUT2D eigenvalue weighted by Crippen LogP contribution is -2.52. The van der Waals surface area contributed by atoms with Crippen molar-refractivity contribution in [3.63, 3.8) is 0 Å². The highest BCUT2D eigenvalue weighted by atomic mass is 19.1. The van der Waals surface area contributed by atoms with Gasteiger partial charge in [-0.2, -0.15) is 0 Å². The summed E-state index contributed by atoms with van der Waals surface area (Å²) in [5.74, 6) is 0.167. The van der Waals surface area contributed by atoms with Crippen molar-refractivity contribution in [2.75, 3.05) is 57.9 Å². The average Bonchev–Trinajstić information content (AvgIpc) is 2.91. The van der Waals surface area contributed by atoms with E-state index < -0.39 is 0 Å². The molecule has 0 unspecified atom stereocenters. The number of rotatable bonds is 8. The molecule has 0 bridgehead atoms. The number of carbonyl (C=O) groups is 2. The molecule has 1 fully saturated rings. The van der Waals surface area contributed by atoms with Gasteiger partial charge in [0.25, 0.3) is 5.91 Å². The number of aromatic nitrogens is 2. The van der Waals surface area contributed by atoms with Crippen LogP contribution in [0.2, 0.25) is 0 Å². The van der Waals surface area contributed by atoms with E-state index >= 15 is 0 Å². The molecule has 3 aromatic rings. The van der Waals surface area contributed by atoms with Crippen LogP contribution >= 0.6 is 0 Å². The minimum atomic E-state index is -0.294. The molecule has 2 amide bonds.